The molecular formula is C16H22BrNO. The van der Waals surface area contributed by atoms with Gasteiger partial charge in [0.15, 0.2) is 0 Å². The number of nitrogens with one attached hydrogen (secondary N) is 1. The number of halogens is 1. The van der Waals surface area contributed by atoms with Crippen LogP contribution in [0.4, 0.5) is 5.69 Å². The Kier molecular flexibility index (Phi) is 3.38. The number of rotatable bonds is 2. The molecule has 19 heavy (non-hydrogen) atoms. The van der Waals surface area contributed by atoms with Gasteiger partial charge in [0.05, 0.1) is 6.10 Å². The lowest BCUT2D eigenvalue weighted by Gasteiger charge is -2.60. The molecule has 0 radical (unpaired) electrons. The van der Waals surface area contributed by atoms with Crippen LogP contribution >= 0.6 is 15.9 Å². The van der Waals surface area contributed by atoms with E-state index in [0.717, 1.165) is 11.1 Å². The first-order chi connectivity index (χ1) is 8.98. The molecule has 0 bridgehead atoms. The van der Waals surface area contributed by atoms with Crippen LogP contribution in [-0.2, 0) is 4.74 Å². The summed E-state index contributed by atoms with van der Waals surface area (Å²) in [6, 6.07) is 7.05. The Bertz CT molecular complexity index is 465. The van der Waals surface area contributed by atoms with Gasteiger partial charge >= 0.3 is 0 Å². The highest BCUT2D eigenvalue weighted by atomic mass is 79.9. The summed E-state index contributed by atoms with van der Waals surface area (Å²) in [6.45, 7) is 7.71. The fraction of sp³-hybridized carbons (Fsp3) is 0.625. The minimum atomic E-state index is 0.224. The average molecular weight is 324 g/mol. The second-order valence-corrected chi connectivity index (χ2v) is 7.47. The third-order valence-electron chi connectivity index (χ3n) is 4.70. The van der Waals surface area contributed by atoms with E-state index in [4.69, 9.17) is 4.74 Å². The van der Waals surface area contributed by atoms with Crippen molar-refractivity contribution in [2.75, 3.05) is 11.9 Å². The number of benzene rings is 1. The van der Waals surface area contributed by atoms with Crippen LogP contribution in [0.15, 0.2) is 22.7 Å². The minimum absolute atomic E-state index is 0.224. The summed E-state index contributed by atoms with van der Waals surface area (Å²) in [5.41, 5.74) is 2.72. The van der Waals surface area contributed by atoms with Crippen molar-refractivity contribution in [2.24, 2.45) is 11.3 Å². The Morgan fingerprint density at radius 2 is 2.11 bits per heavy atom. The highest BCUT2D eigenvalue weighted by Crippen LogP contribution is 2.52. The van der Waals surface area contributed by atoms with Crippen LogP contribution in [0.2, 0.25) is 0 Å². The smallest absolute Gasteiger partial charge is 0.0693 e. The molecule has 3 heteroatoms. The molecule has 0 amide bonds. The van der Waals surface area contributed by atoms with Crippen LogP contribution in [0.1, 0.15) is 32.3 Å². The first-order valence-corrected chi connectivity index (χ1v) is 7.93. The van der Waals surface area contributed by atoms with Gasteiger partial charge in [0.1, 0.15) is 0 Å². The summed E-state index contributed by atoms with van der Waals surface area (Å²) in [7, 11) is 0. The third kappa shape index (κ3) is 2.31. The molecule has 1 aromatic carbocycles. The Hall–Kier alpha value is -0.540. The van der Waals surface area contributed by atoms with Crippen LogP contribution < -0.4 is 5.32 Å². The molecular weight excluding hydrogens is 302 g/mol. The summed E-state index contributed by atoms with van der Waals surface area (Å²) in [4.78, 5) is 0. The van der Waals surface area contributed by atoms with E-state index in [1.165, 1.54) is 24.1 Å². The van der Waals surface area contributed by atoms with Crippen molar-refractivity contribution < 1.29 is 4.74 Å². The third-order valence-corrected chi connectivity index (χ3v) is 5.15. The minimum Gasteiger partial charge on any atom is -0.381 e. The molecule has 2 nitrogen and oxygen atoms in total. The van der Waals surface area contributed by atoms with E-state index in [1.54, 1.807) is 0 Å². The first kappa shape index (κ1) is 13.4. The molecule has 3 atom stereocenters. The lowest BCUT2D eigenvalue weighted by molar-refractivity contribution is -0.177. The van der Waals surface area contributed by atoms with Gasteiger partial charge in [-0.25, -0.2) is 0 Å². The molecule has 2 fully saturated rings. The topological polar surface area (TPSA) is 21.3 Å². The number of hydrogen-bond donors (Lipinski definition) is 1. The SMILES string of the molecule is Cc1cc(Br)cc(NC2C3CCCOC3C2(C)C)c1. The van der Waals surface area contributed by atoms with Gasteiger partial charge in [-0.1, -0.05) is 29.8 Å². The Morgan fingerprint density at radius 1 is 1.32 bits per heavy atom. The molecule has 2 aliphatic rings. The Morgan fingerprint density at radius 3 is 2.84 bits per heavy atom. The number of fused-ring (bicyclic) bond motifs is 1. The molecule has 1 heterocycles. The number of hydrogen-bond acceptors (Lipinski definition) is 2. The monoisotopic (exact) mass is 323 g/mol. The summed E-state index contributed by atoms with van der Waals surface area (Å²) in [5, 5.41) is 3.74. The van der Waals surface area contributed by atoms with Crippen LogP contribution in [0, 0.1) is 18.3 Å². The van der Waals surface area contributed by atoms with Gasteiger partial charge in [-0.05, 0) is 43.5 Å². The largest absolute Gasteiger partial charge is 0.381 e. The highest BCUT2D eigenvalue weighted by molar-refractivity contribution is 9.10. The molecule has 3 rings (SSSR count). The zero-order valence-corrected chi connectivity index (χ0v) is 13.5. The van der Waals surface area contributed by atoms with Crippen molar-refractivity contribution in [3.8, 4) is 0 Å². The second-order valence-electron chi connectivity index (χ2n) is 6.56. The van der Waals surface area contributed by atoms with Gasteiger partial charge in [0, 0.05) is 34.1 Å². The molecule has 3 unspecified atom stereocenters. The van der Waals surface area contributed by atoms with Crippen molar-refractivity contribution in [2.45, 2.75) is 45.8 Å². The quantitative estimate of drug-likeness (QED) is 0.872. The van der Waals surface area contributed by atoms with Gasteiger partial charge in [-0.3, -0.25) is 0 Å². The molecule has 1 aliphatic carbocycles. The maximum atomic E-state index is 5.96. The summed E-state index contributed by atoms with van der Waals surface area (Å²) in [6.07, 6.45) is 2.93. The van der Waals surface area contributed by atoms with Crippen LogP contribution in [0.5, 0.6) is 0 Å². The molecule has 1 saturated heterocycles. The van der Waals surface area contributed by atoms with E-state index in [0.29, 0.717) is 18.1 Å². The van der Waals surface area contributed by atoms with Crippen LogP contribution in [-0.4, -0.2) is 18.8 Å². The van der Waals surface area contributed by atoms with Crippen molar-refractivity contribution in [1.29, 1.82) is 0 Å². The van der Waals surface area contributed by atoms with E-state index in [2.05, 4.69) is 60.2 Å². The fourth-order valence-electron chi connectivity index (χ4n) is 3.81. The van der Waals surface area contributed by atoms with Gasteiger partial charge in [0.2, 0.25) is 0 Å². The summed E-state index contributed by atoms with van der Waals surface area (Å²) >= 11 is 3.58. The molecule has 1 saturated carbocycles. The van der Waals surface area contributed by atoms with Gasteiger partial charge < -0.3 is 10.1 Å². The molecule has 0 aromatic heterocycles. The zero-order valence-electron chi connectivity index (χ0n) is 11.9. The zero-order chi connectivity index (χ0) is 13.6. The predicted molar refractivity (Wildman–Crippen MR) is 82.5 cm³/mol. The lowest BCUT2D eigenvalue weighted by Crippen LogP contribution is -2.67. The Balaban J connectivity index is 1.79. The molecule has 0 spiro atoms. The van der Waals surface area contributed by atoms with E-state index in [1.807, 2.05) is 0 Å². The maximum absolute atomic E-state index is 5.96. The highest BCUT2D eigenvalue weighted by Gasteiger charge is 2.57. The molecule has 104 valence electrons. The first-order valence-electron chi connectivity index (χ1n) is 7.14. The van der Waals surface area contributed by atoms with Crippen molar-refractivity contribution in [3.05, 3.63) is 28.2 Å². The van der Waals surface area contributed by atoms with E-state index >= 15 is 0 Å². The fourth-order valence-corrected chi connectivity index (χ4v) is 4.42. The van der Waals surface area contributed by atoms with Crippen molar-refractivity contribution >= 4 is 21.6 Å². The Labute approximate surface area is 124 Å². The standard InChI is InChI=1S/C16H22BrNO/c1-10-7-11(17)9-12(8-10)18-14-13-5-4-6-19-15(13)16(14,2)3/h7-9,13-15,18H,4-6H2,1-3H3. The predicted octanol–water partition coefficient (Wildman–Crippen LogP) is 4.37. The summed E-state index contributed by atoms with van der Waals surface area (Å²) in [5.74, 6) is 0.669. The molecule has 1 N–H and O–H groups in total. The van der Waals surface area contributed by atoms with E-state index in [-0.39, 0.29) is 5.41 Å². The van der Waals surface area contributed by atoms with Gasteiger partial charge in [-0.2, -0.15) is 0 Å². The molecule has 1 aromatic rings. The van der Waals surface area contributed by atoms with Crippen molar-refractivity contribution in [1.82, 2.24) is 0 Å². The van der Waals surface area contributed by atoms with E-state index < -0.39 is 0 Å². The average Bonchev–Trinajstić information content (AvgIpc) is 2.35. The second kappa shape index (κ2) is 4.78. The van der Waals surface area contributed by atoms with E-state index in [9.17, 15) is 0 Å². The van der Waals surface area contributed by atoms with Gasteiger partial charge in [0.25, 0.3) is 0 Å². The lowest BCUT2D eigenvalue weighted by atomic mass is 9.55. The summed E-state index contributed by atoms with van der Waals surface area (Å²) < 4.78 is 7.10. The van der Waals surface area contributed by atoms with Crippen molar-refractivity contribution in [3.63, 3.8) is 0 Å². The van der Waals surface area contributed by atoms with Gasteiger partial charge in [-0.15, -0.1) is 0 Å². The van der Waals surface area contributed by atoms with Crippen LogP contribution in [0.3, 0.4) is 0 Å². The normalized spacial score (nSPS) is 32.3. The number of anilines is 1. The molecule has 1 aliphatic heterocycles. The number of ether oxygens (including phenoxy) is 1. The number of aryl methyl sites for hydroxylation is 1. The van der Waals surface area contributed by atoms with Crippen LogP contribution in [0.25, 0.3) is 0 Å². The maximum Gasteiger partial charge on any atom is 0.0693 e.